The van der Waals surface area contributed by atoms with Gasteiger partial charge in [-0.15, -0.1) is 0 Å². The van der Waals surface area contributed by atoms with E-state index < -0.39 is 0 Å². The molecule has 0 aliphatic heterocycles. The van der Waals surface area contributed by atoms with E-state index in [0.717, 1.165) is 10.4 Å². The molecule has 19 heavy (non-hydrogen) atoms. The van der Waals surface area contributed by atoms with Crippen LogP contribution >= 0.6 is 11.3 Å². The van der Waals surface area contributed by atoms with E-state index in [1.165, 1.54) is 11.3 Å². The van der Waals surface area contributed by atoms with Crippen molar-refractivity contribution in [2.24, 2.45) is 0 Å². The van der Waals surface area contributed by atoms with Crippen LogP contribution in [0.2, 0.25) is 0 Å². The number of benzene rings is 1. The minimum atomic E-state index is -0.365. The summed E-state index contributed by atoms with van der Waals surface area (Å²) in [6.07, 6.45) is 1.73. The Hall–Kier alpha value is -1.92. The zero-order chi connectivity index (χ0) is 13.7. The van der Waals surface area contributed by atoms with Crippen molar-refractivity contribution in [3.05, 3.63) is 36.5 Å². The van der Waals surface area contributed by atoms with Crippen LogP contribution in [0.4, 0.5) is 9.93 Å². The van der Waals surface area contributed by atoms with Crippen molar-refractivity contribution in [3.63, 3.8) is 0 Å². The summed E-state index contributed by atoms with van der Waals surface area (Å²) in [5, 5.41) is 14.6. The van der Waals surface area contributed by atoms with Gasteiger partial charge < -0.3 is 10.4 Å². The van der Waals surface area contributed by atoms with Gasteiger partial charge >= 0.3 is 6.03 Å². The summed E-state index contributed by atoms with van der Waals surface area (Å²) >= 11 is 1.40. The zero-order valence-electron chi connectivity index (χ0n) is 10.5. The summed E-state index contributed by atoms with van der Waals surface area (Å²) in [6, 6.07) is 9.20. The third kappa shape index (κ3) is 3.77. The van der Waals surface area contributed by atoms with E-state index >= 15 is 0 Å². The van der Waals surface area contributed by atoms with Gasteiger partial charge in [-0.2, -0.15) is 0 Å². The number of carbonyl (C=O) groups is 1. The molecule has 2 aromatic rings. The maximum absolute atomic E-state index is 11.6. The third-order valence-electron chi connectivity index (χ3n) is 2.44. The fourth-order valence-corrected chi connectivity index (χ4v) is 2.29. The minimum absolute atomic E-state index is 0.0967. The number of anilines is 1. The average molecular weight is 277 g/mol. The third-order valence-corrected chi connectivity index (χ3v) is 3.40. The Balaban J connectivity index is 2.00. The Morgan fingerprint density at radius 2 is 2.16 bits per heavy atom. The highest BCUT2D eigenvalue weighted by atomic mass is 32.1. The van der Waals surface area contributed by atoms with Crippen molar-refractivity contribution in [1.29, 1.82) is 0 Å². The molecule has 1 heterocycles. The lowest BCUT2D eigenvalue weighted by Crippen LogP contribution is -2.38. The molecular formula is C13H15N3O2S. The second-order valence-electron chi connectivity index (χ2n) is 4.08. The topological polar surface area (TPSA) is 74.2 Å². The predicted molar refractivity (Wildman–Crippen MR) is 76.3 cm³/mol. The van der Waals surface area contributed by atoms with Gasteiger partial charge in [0.1, 0.15) is 0 Å². The first-order valence-electron chi connectivity index (χ1n) is 5.88. The number of rotatable bonds is 4. The van der Waals surface area contributed by atoms with Crippen LogP contribution in [0.1, 0.15) is 6.92 Å². The molecule has 2 rings (SSSR count). The van der Waals surface area contributed by atoms with E-state index in [0.29, 0.717) is 5.13 Å². The smallest absolute Gasteiger partial charge is 0.321 e. The summed E-state index contributed by atoms with van der Waals surface area (Å²) in [7, 11) is 0. The molecule has 100 valence electrons. The van der Waals surface area contributed by atoms with Crippen molar-refractivity contribution >= 4 is 22.5 Å². The first kappa shape index (κ1) is 13.5. The standard InChI is InChI=1S/C13H15N3O2S/c1-9(8-17)15-12(18)16-13-14-7-11(19-13)10-5-3-2-4-6-10/h2-7,9,17H,8H2,1H3,(H2,14,15,16,18). The van der Waals surface area contributed by atoms with Crippen LogP contribution in [0.3, 0.4) is 0 Å². The van der Waals surface area contributed by atoms with Gasteiger partial charge in [0.15, 0.2) is 5.13 Å². The molecule has 0 bridgehead atoms. The quantitative estimate of drug-likeness (QED) is 0.803. The molecule has 0 aliphatic carbocycles. The highest BCUT2D eigenvalue weighted by Gasteiger charge is 2.09. The number of amides is 2. The van der Waals surface area contributed by atoms with Crippen molar-refractivity contribution in [3.8, 4) is 10.4 Å². The molecule has 1 aromatic carbocycles. The molecular weight excluding hydrogens is 262 g/mol. The largest absolute Gasteiger partial charge is 0.394 e. The highest BCUT2D eigenvalue weighted by Crippen LogP contribution is 2.28. The molecule has 0 saturated heterocycles. The molecule has 0 saturated carbocycles. The Morgan fingerprint density at radius 1 is 1.42 bits per heavy atom. The van der Waals surface area contributed by atoms with Gasteiger partial charge in [0.05, 0.1) is 17.5 Å². The van der Waals surface area contributed by atoms with Gasteiger partial charge in [-0.3, -0.25) is 5.32 Å². The van der Waals surface area contributed by atoms with E-state index in [-0.39, 0.29) is 18.7 Å². The van der Waals surface area contributed by atoms with Crippen molar-refractivity contribution in [2.45, 2.75) is 13.0 Å². The van der Waals surface area contributed by atoms with Crippen molar-refractivity contribution in [2.75, 3.05) is 11.9 Å². The lowest BCUT2D eigenvalue weighted by atomic mass is 10.2. The second-order valence-corrected chi connectivity index (χ2v) is 5.11. The van der Waals surface area contributed by atoms with Gasteiger partial charge in [-0.25, -0.2) is 9.78 Å². The summed E-state index contributed by atoms with van der Waals surface area (Å²) in [5.41, 5.74) is 1.07. The van der Waals surface area contributed by atoms with Gasteiger partial charge in [-0.05, 0) is 12.5 Å². The Morgan fingerprint density at radius 3 is 2.84 bits per heavy atom. The Kier molecular flexibility index (Phi) is 4.48. The molecule has 0 aliphatic rings. The van der Waals surface area contributed by atoms with Crippen LogP contribution in [-0.4, -0.2) is 28.8 Å². The summed E-state index contributed by atoms with van der Waals surface area (Å²) in [4.78, 5) is 16.7. The molecule has 1 aromatic heterocycles. The SMILES string of the molecule is CC(CO)NC(=O)Nc1ncc(-c2ccccc2)s1. The average Bonchev–Trinajstić information content (AvgIpc) is 2.88. The van der Waals surface area contributed by atoms with E-state index in [1.54, 1.807) is 13.1 Å². The second kappa shape index (κ2) is 6.31. The number of thiazole rings is 1. The van der Waals surface area contributed by atoms with Crippen molar-refractivity contribution in [1.82, 2.24) is 10.3 Å². The van der Waals surface area contributed by atoms with Crippen LogP contribution < -0.4 is 10.6 Å². The summed E-state index contributed by atoms with van der Waals surface area (Å²) < 4.78 is 0. The number of nitrogens with one attached hydrogen (secondary N) is 2. The number of urea groups is 1. The molecule has 0 spiro atoms. The molecule has 3 N–H and O–H groups in total. The van der Waals surface area contributed by atoms with E-state index in [4.69, 9.17) is 5.11 Å². The maximum Gasteiger partial charge on any atom is 0.321 e. The van der Waals surface area contributed by atoms with Gasteiger partial charge in [0.2, 0.25) is 0 Å². The number of hydrogen-bond donors (Lipinski definition) is 3. The molecule has 5 nitrogen and oxygen atoms in total. The lowest BCUT2D eigenvalue weighted by Gasteiger charge is -2.10. The normalized spacial score (nSPS) is 11.9. The van der Waals surface area contributed by atoms with Crippen LogP contribution in [0.5, 0.6) is 0 Å². The van der Waals surface area contributed by atoms with Gasteiger partial charge in [0.25, 0.3) is 0 Å². The highest BCUT2D eigenvalue weighted by molar-refractivity contribution is 7.19. The molecule has 0 fully saturated rings. The first-order chi connectivity index (χ1) is 9.19. The molecule has 1 unspecified atom stereocenters. The van der Waals surface area contributed by atoms with Crippen LogP contribution in [-0.2, 0) is 0 Å². The number of nitrogens with zero attached hydrogens (tertiary/aromatic N) is 1. The zero-order valence-corrected chi connectivity index (χ0v) is 11.3. The molecule has 2 amide bonds. The number of aromatic nitrogens is 1. The van der Waals surface area contributed by atoms with Crippen LogP contribution in [0.15, 0.2) is 36.5 Å². The molecule has 6 heteroatoms. The fourth-order valence-electron chi connectivity index (χ4n) is 1.47. The first-order valence-corrected chi connectivity index (χ1v) is 6.70. The Labute approximate surface area is 115 Å². The number of carbonyl (C=O) groups excluding carboxylic acids is 1. The number of aliphatic hydroxyl groups is 1. The van der Waals surface area contributed by atoms with Crippen LogP contribution in [0.25, 0.3) is 10.4 Å². The van der Waals surface area contributed by atoms with Gasteiger partial charge in [-0.1, -0.05) is 41.7 Å². The summed E-state index contributed by atoms with van der Waals surface area (Å²) in [6.45, 7) is 1.62. The number of aliphatic hydroxyl groups excluding tert-OH is 1. The molecule has 1 atom stereocenters. The van der Waals surface area contributed by atoms with Crippen molar-refractivity contribution < 1.29 is 9.90 Å². The van der Waals surface area contributed by atoms with E-state index in [2.05, 4.69) is 15.6 Å². The monoisotopic (exact) mass is 277 g/mol. The maximum atomic E-state index is 11.6. The predicted octanol–water partition coefficient (Wildman–Crippen LogP) is 2.31. The van der Waals surface area contributed by atoms with E-state index in [1.807, 2.05) is 30.3 Å². The van der Waals surface area contributed by atoms with Crippen LogP contribution in [0, 0.1) is 0 Å². The Bertz CT molecular complexity index is 542. The fraction of sp³-hybridized carbons (Fsp3) is 0.231. The lowest BCUT2D eigenvalue weighted by molar-refractivity contribution is 0.229. The number of hydrogen-bond acceptors (Lipinski definition) is 4. The van der Waals surface area contributed by atoms with E-state index in [9.17, 15) is 4.79 Å². The summed E-state index contributed by atoms with van der Waals surface area (Å²) in [5.74, 6) is 0. The van der Waals surface area contributed by atoms with Gasteiger partial charge in [0, 0.05) is 6.20 Å². The minimum Gasteiger partial charge on any atom is -0.394 e. The molecule has 0 radical (unpaired) electrons.